The van der Waals surface area contributed by atoms with Gasteiger partial charge in [0.05, 0.1) is 5.75 Å². The van der Waals surface area contributed by atoms with Crippen molar-refractivity contribution in [3.05, 3.63) is 80.0 Å². The lowest BCUT2D eigenvalue weighted by Crippen LogP contribution is -2.22. The molecule has 0 aliphatic rings. The highest BCUT2D eigenvalue weighted by Crippen LogP contribution is 2.26. The van der Waals surface area contributed by atoms with Crippen LogP contribution in [0.2, 0.25) is 0 Å². The summed E-state index contributed by atoms with van der Waals surface area (Å²) in [5, 5.41) is 0.521. The topological polar surface area (TPSA) is 56.9 Å². The second kappa shape index (κ2) is 8.67. The molecule has 2 aromatic carbocycles. The number of aryl methyl sites for hydroxylation is 1. The molecule has 4 aromatic rings. The van der Waals surface area contributed by atoms with Crippen LogP contribution in [0.5, 0.6) is 0 Å². The van der Waals surface area contributed by atoms with Gasteiger partial charge in [-0.05, 0) is 38.2 Å². The van der Waals surface area contributed by atoms with Gasteiger partial charge in [-0.1, -0.05) is 71.1 Å². The molecule has 30 heavy (non-hydrogen) atoms. The van der Waals surface area contributed by atoms with Crippen LogP contribution < -0.4 is 5.56 Å². The molecule has 0 saturated heterocycles. The predicted octanol–water partition coefficient (Wildman–Crippen LogP) is 5.28. The predicted molar refractivity (Wildman–Crippen MR) is 126 cm³/mol. The van der Waals surface area contributed by atoms with Crippen LogP contribution in [0.25, 0.3) is 16.0 Å². The summed E-state index contributed by atoms with van der Waals surface area (Å²) < 4.78 is 4.53. The number of Topliss-reactive ketones (excluding diaryl/α,β-unsaturated/α-hetero) is 1. The van der Waals surface area contributed by atoms with Crippen LogP contribution in [0.3, 0.4) is 0 Å². The third-order valence-electron chi connectivity index (χ3n) is 4.70. The number of carbonyl (C=O) groups excluding carboxylic acids is 1. The first kappa shape index (κ1) is 20.7. The van der Waals surface area contributed by atoms with E-state index in [1.165, 1.54) is 23.1 Å². The molecule has 2 aromatic heterocycles. The Labute approximate surface area is 187 Å². The molecule has 0 aliphatic carbocycles. The molecular weight excluding hydrogens is 434 g/mol. The van der Waals surface area contributed by atoms with Crippen LogP contribution in [0, 0.1) is 10.9 Å². The van der Waals surface area contributed by atoms with Gasteiger partial charge in [0.15, 0.2) is 20.5 Å². The number of ketones is 1. The molecule has 0 saturated carbocycles. The van der Waals surface area contributed by atoms with Gasteiger partial charge in [-0.3, -0.25) is 18.7 Å². The van der Waals surface area contributed by atoms with Gasteiger partial charge < -0.3 is 0 Å². The minimum absolute atomic E-state index is 0.00205. The number of carbonyl (C=O) groups is 1. The van der Waals surface area contributed by atoms with Gasteiger partial charge >= 0.3 is 0 Å². The number of fused-ring (bicyclic) bond motifs is 1. The highest BCUT2D eigenvalue weighted by molar-refractivity contribution is 7.99. The first-order chi connectivity index (χ1) is 14.5. The van der Waals surface area contributed by atoms with Gasteiger partial charge in [-0.15, -0.1) is 0 Å². The summed E-state index contributed by atoms with van der Waals surface area (Å²) in [4.78, 5) is 30.5. The molecule has 8 heteroatoms. The fourth-order valence-corrected chi connectivity index (χ4v) is 5.38. The Kier molecular flexibility index (Phi) is 5.99. The Morgan fingerprint density at radius 3 is 2.50 bits per heavy atom. The molecular formula is C22H19N3O2S3. The number of hydrogen-bond acceptors (Lipinski definition) is 6. The van der Waals surface area contributed by atoms with Crippen LogP contribution in [-0.2, 0) is 6.54 Å². The van der Waals surface area contributed by atoms with E-state index in [4.69, 9.17) is 17.2 Å². The lowest BCUT2D eigenvalue weighted by Gasteiger charge is -2.11. The number of aromatic nitrogens is 3. The van der Waals surface area contributed by atoms with Crippen molar-refractivity contribution in [2.45, 2.75) is 25.5 Å². The average Bonchev–Trinajstić information content (AvgIpc) is 3.09. The smallest absolute Gasteiger partial charge is 0.273 e. The van der Waals surface area contributed by atoms with E-state index in [9.17, 15) is 9.59 Å². The number of thioether (sulfide) groups is 1. The highest BCUT2D eigenvalue weighted by atomic mass is 32.2. The van der Waals surface area contributed by atoms with E-state index in [0.717, 1.165) is 11.3 Å². The minimum atomic E-state index is -0.126. The molecule has 152 valence electrons. The second-order valence-electron chi connectivity index (χ2n) is 6.71. The standard InChI is InChI=1S/C22H19N3O2S3/c1-3-24-20(27)18-19(25(22(28)30-18)16-7-5-4-6-8-16)23-21(24)29-13-17(26)15-11-9-14(2)10-12-15/h4-12H,3,13H2,1-2H3. The number of rotatable bonds is 6. The molecule has 0 fully saturated rings. The van der Waals surface area contributed by atoms with Crippen LogP contribution in [0.1, 0.15) is 22.8 Å². The SMILES string of the molecule is CCn1c(SCC(=O)c2ccc(C)cc2)nc2c(sc(=S)n2-c2ccccc2)c1=O. The largest absolute Gasteiger partial charge is 0.293 e. The lowest BCUT2D eigenvalue weighted by atomic mass is 10.1. The Bertz CT molecular complexity index is 1340. The summed E-state index contributed by atoms with van der Waals surface area (Å²) in [6.07, 6.45) is 0. The minimum Gasteiger partial charge on any atom is -0.293 e. The molecule has 2 heterocycles. The Morgan fingerprint density at radius 1 is 1.13 bits per heavy atom. The number of para-hydroxylation sites is 1. The summed E-state index contributed by atoms with van der Waals surface area (Å²) in [6.45, 7) is 4.35. The fraction of sp³-hybridized carbons (Fsp3) is 0.182. The highest BCUT2D eigenvalue weighted by Gasteiger charge is 2.18. The van der Waals surface area contributed by atoms with Crippen LogP contribution in [0.15, 0.2) is 64.5 Å². The molecule has 0 spiro atoms. The van der Waals surface area contributed by atoms with Gasteiger partial charge in [0.1, 0.15) is 4.70 Å². The zero-order chi connectivity index (χ0) is 21.3. The Hall–Kier alpha value is -2.55. The molecule has 0 N–H and O–H groups in total. The van der Waals surface area contributed by atoms with Crippen molar-refractivity contribution >= 4 is 51.4 Å². The van der Waals surface area contributed by atoms with E-state index in [2.05, 4.69) is 0 Å². The molecule has 0 atom stereocenters. The lowest BCUT2D eigenvalue weighted by molar-refractivity contribution is 0.102. The Morgan fingerprint density at radius 2 is 1.83 bits per heavy atom. The summed E-state index contributed by atoms with van der Waals surface area (Å²) in [5.74, 6) is 0.208. The maximum absolute atomic E-state index is 13.1. The van der Waals surface area contributed by atoms with Crippen molar-refractivity contribution in [1.29, 1.82) is 0 Å². The van der Waals surface area contributed by atoms with E-state index < -0.39 is 0 Å². The van der Waals surface area contributed by atoms with Crippen molar-refractivity contribution in [2.75, 3.05) is 5.75 Å². The van der Waals surface area contributed by atoms with Gasteiger partial charge in [0, 0.05) is 17.8 Å². The Balaban J connectivity index is 1.76. The van der Waals surface area contributed by atoms with E-state index in [0.29, 0.717) is 31.6 Å². The molecule has 0 radical (unpaired) electrons. The van der Waals surface area contributed by atoms with Gasteiger partial charge in [0.25, 0.3) is 5.56 Å². The second-order valence-corrected chi connectivity index (χ2v) is 9.30. The maximum atomic E-state index is 13.1. The molecule has 0 aliphatic heterocycles. The molecule has 0 unspecified atom stereocenters. The van der Waals surface area contributed by atoms with Crippen LogP contribution >= 0.6 is 35.3 Å². The summed E-state index contributed by atoms with van der Waals surface area (Å²) in [7, 11) is 0. The van der Waals surface area contributed by atoms with Crippen molar-refractivity contribution in [3.8, 4) is 5.69 Å². The van der Waals surface area contributed by atoms with Crippen molar-refractivity contribution in [3.63, 3.8) is 0 Å². The van der Waals surface area contributed by atoms with Crippen molar-refractivity contribution in [1.82, 2.24) is 14.1 Å². The maximum Gasteiger partial charge on any atom is 0.273 e. The van der Waals surface area contributed by atoms with Gasteiger partial charge in [-0.2, -0.15) is 0 Å². The van der Waals surface area contributed by atoms with Gasteiger partial charge in [0.2, 0.25) is 0 Å². The van der Waals surface area contributed by atoms with Crippen molar-refractivity contribution < 1.29 is 4.79 Å². The number of benzene rings is 2. The van der Waals surface area contributed by atoms with Crippen LogP contribution in [-0.4, -0.2) is 25.7 Å². The number of hydrogen-bond donors (Lipinski definition) is 0. The van der Waals surface area contributed by atoms with E-state index in [1.54, 1.807) is 4.57 Å². The zero-order valence-corrected chi connectivity index (χ0v) is 18.9. The molecule has 0 bridgehead atoms. The van der Waals surface area contributed by atoms with E-state index in [-0.39, 0.29) is 17.1 Å². The fourth-order valence-electron chi connectivity index (χ4n) is 3.11. The zero-order valence-electron chi connectivity index (χ0n) is 16.5. The van der Waals surface area contributed by atoms with E-state index in [1.807, 2.05) is 73.0 Å². The third kappa shape index (κ3) is 3.90. The normalized spacial score (nSPS) is 11.1. The summed E-state index contributed by atoms with van der Waals surface area (Å²) in [5.41, 5.74) is 3.03. The molecule has 0 amide bonds. The monoisotopic (exact) mass is 453 g/mol. The number of nitrogens with zero attached hydrogens (tertiary/aromatic N) is 3. The van der Waals surface area contributed by atoms with Crippen LogP contribution in [0.4, 0.5) is 0 Å². The van der Waals surface area contributed by atoms with Gasteiger partial charge in [-0.25, -0.2) is 4.98 Å². The first-order valence-corrected chi connectivity index (χ1v) is 11.6. The number of thiazole rings is 1. The average molecular weight is 454 g/mol. The third-order valence-corrected chi connectivity index (χ3v) is 7.02. The molecule has 5 nitrogen and oxygen atoms in total. The summed E-state index contributed by atoms with van der Waals surface area (Å²) in [6, 6.07) is 17.1. The quantitative estimate of drug-likeness (QED) is 0.172. The van der Waals surface area contributed by atoms with E-state index >= 15 is 0 Å². The first-order valence-electron chi connectivity index (χ1n) is 9.44. The summed E-state index contributed by atoms with van der Waals surface area (Å²) >= 11 is 8.08. The molecule has 4 rings (SSSR count). The van der Waals surface area contributed by atoms with Crippen molar-refractivity contribution in [2.24, 2.45) is 0 Å².